The minimum Gasteiger partial charge on any atom is -0.504 e. The van der Waals surface area contributed by atoms with Crippen LogP contribution in [0.1, 0.15) is 11.1 Å². The summed E-state index contributed by atoms with van der Waals surface area (Å²) in [6, 6.07) is 15.3. The molecule has 2 aromatic carbocycles. The van der Waals surface area contributed by atoms with Crippen molar-refractivity contribution >= 4 is 32.2 Å². The Hall–Kier alpha value is -4.62. The molecule has 5 rings (SSSR count). The maximum Gasteiger partial charge on any atom is 0.281 e. The van der Waals surface area contributed by atoms with Gasteiger partial charge in [-0.15, -0.1) is 0 Å². The van der Waals surface area contributed by atoms with E-state index >= 15 is 0 Å². The normalized spacial score (nSPS) is 11.3. The van der Waals surface area contributed by atoms with Gasteiger partial charge in [0.1, 0.15) is 0 Å². The van der Waals surface area contributed by atoms with Crippen LogP contribution in [0.3, 0.4) is 0 Å². The van der Waals surface area contributed by atoms with Crippen LogP contribution in [-0.2, 0) is 16.6 Å². The standard InChI is InChI=1S/C28H23F2N5O4S2/c1-16-12-19(32-14-18-6-5-8-23(39-2)25(18)36)15-33-27(16)41(37,38)35-28-34-24(17-9-10-20(29)21(30)13-17)26(40-28)22-7-3-4-11-31-22/h3-13,15,32,36H,14H2,1-2H3,(H,34,35). The molecule has 3 N–H and O–H groups in total. The van der Waals surface area contributed by atoms with Crippen molar-refractivity contribution in [1.82, 2.24) is 15.0 Å². The number of thiazole rings is 1. The summed E-state index contributed by atoms with van der Waals surface area (Å²) >= 11 is 1.00. The number of pyridine rings is 2. The van der Waals surface area contributed by atoms with Gasteiger partial charge in [-0.1, -0.05) is 29.5 Å². The summed E-state index contributed by atoms with van der Waals surface area (Å²) in [6.45, 7) is 1.85. The minimum absolute atomic E-state index is 0.00212. The summed E-state index contributed by atoms with van der Waals surface area (Å²) in [5, 5.41) is 13.2. The zero-order valence-electron chi connectivity index (χ0n) is 21.7. The summed E-state index contributed by atoms with van der Waals surface area (Å²) in [7, 11) is -2.72. The van der Waals surface area contributed by atoms with Gasteiger partial charge in [-0.2, -0.15) is 8.42 Å². The van der Waals surface area contributed by atoms with Crippen LogP contribution >= 0.6 is 11.3 Å². The van der Waals surface area contributed by atoms with Crippen LogP contribution in [-0.4, -0.2) is 35.6 Å². The first-order valence-corrected chi connectivity index (χ1v) is 14.4. The third-order valence-corrected chi connectivity index (χ3v) is 8.53. The summed E-state index contributed by atoms with van der Waals surface area (Å²) in [5.74, 6) is -1.72. The fourth-order valence-electron chi connectivity index (χ4n) is 4.05. The number of aromatic nitrogens is 3. The highest BCUT2D eigenvalue weighted by atomic mass is 32.2. The molecule has 5 aromatic rings. The topological polar surface area (TPSA) is 126 Å². The van der Waals surface area contributed by atoms with Crippen LogP contribution in [0, 0.1) is 18.6 Å². The smallest absolute Gasteiger partial charge is 0.281 e. The largest absolute Gasteiger partial charge is 0.504 e. The van der Waals surface area contributed by atoms with E-state index < -0.39 is 21.7 Å². The lowest BCUT2D eigenvalue weighted by Crippen LogP contribution is -2.16. The number of aromatic hydroxyl groups is 1. The lowest BCUT2D eigenvalue weighted by molar-refractivity contribution is 0.371. The number of aryl methyl sites for hydroxylation is 1. The van der Waals surface area contributed by atoms with E-state index in [4.69, 9.17) is 4.74 Å². The van der Waals surface area contributed by atoms with E-state index in [1.54, 1.807) is 55.6 Å². The van der Waals surface area contributed by atoms with Gasteiger partial charge >= 0.3 is 0 Å². The van der Waals surface area contributed by atoms with Gasteiger partial charge in [0.05, 0.1) is 35.3 Å². The lowest BCUT2D eigenvalue weighted by Gasteiger charge is -2.12. The van der Waals surface area contributed by atoms with Gasteiger partial charge in [0, 0.05) is 23.9 Å². The molecule has 0 spiro atoms. The molecular weight excluding hydrogens is 572 g/mol. The van der Waals surface area contributed by atoms with Crippen molar-refractivity contribution in [3.63, 3.8) is 0 Å². The Morgan fingerprint density at radius 3 is 2.56 bits per heavy atom. The van der Waals surface area contributed by atoms with E-state index in [1.807, 2.05) is 0 Å². The second-order valence-corrected chi connectivity index (χ2v) is 11.4. The molecule has 0 saturated carbocycles. The van der Waals surface area contributed by atoms with Crippen molar-refractivity contribution in [3.8, 4) is 33.3 Å². The Morgan fingerprint density at radius 2 is 1.85 bits per heavy atom. The number of methoxy groups -OCH3 is 1. The van der Waals surface area contributed by atoms with Crippen molar-refractivity contribution in [3.05, 3.63) is 95.8 Å². The summed E-state index contributed by atoms with van der Waals surface area (Å²) in [5.41, 5.74) is 2.48. The van der Waals surface area contributed by atoms with Crippen molar-refractivity contribution in [1.29, 1.82) is 0 Å². The fraction of sp³-hybridized carbons (Fsp3) is 0.107. The molecule has 0 aliphatic carbocycles. The number of ether oxygens (including phenoxy) is 1. The molecule has 210 valence electrons. The number of phenolic OH excluding ortho intramolecular Hbond substituents is 1. The molecule has 9 nitrogen and oxygen atoms in total. The van der Waals surface area contributed by atoms with Gasteiger partial charge in [0.15, 0.2) is 33.3 Å². The van der Waals surface area contributed by atoms with Gasteiger partial charge in [0.25, 0.3) is 10.0 Å². The third kappa shape index (κ3) is 5.95. The van der Waals surface area contributed by atoms with Gasteiger partial charge < -0.3 is 15.2 Å². The zero-order valence-corrected chi connectivity index (χ0v) is 23.4. The number of halogens is 2. The number of para-hydroxylation sites is 1. The van der Waals surface area contributed by atoms with E-state index in [0.29, 0.717) is 33.1 Å². The average molecular weight is 596 g/mol. The number of hydrogen-bond donors (Lipinski definition) is 3. The number of benzene rings is 2. The van der Waals surface area contributed by atoms with E-state index in [-0.39, 0.29) is 33.7 Å². The molecular formula is C28H23F2N5O4S2. The number of phenols is 1. The van der Waals surface area contributed by atoms with E-state index in [2.05, 4.69) is 25.0 Å². The fourth-order valence-corrected chi connectivity index (χ4v) is 6.41. The quantitative estimate of drug-likeness (QED) is 0.190. The van der Waals surface area contributed by atoms with Crippen molar-refractivity contribution < 1.29 is 27.0 Å². The third-order valence-electron chi connectivity index (χ3n) is 6.01. The summed E-state index contributed by atoms with van der Waals surface area (Å²) < 4.78 is 61.8. The molecule has 0 atom stereocenters. The molecule has 41 heavy (non-hydrogen) atoms. The van der Waals surface area contributed by atoms with Gasteiger partial charge in [0.2, 0.25) is 0 Å². The van der Waals surface area contributed by atoms with Gasteiger partial charge in [-0.05, 0) is 55.0 Å². The van der Waals surface area contributed by atoms with E-state index in [0.717, 1.165) is 23.5 Å². The molecule has 0 bridgehead atoms. The molecule has 13 heteroatoms. The molecule has 3 aromatic heterocycles. The van der Waals surface area contributed by atoms with E-state index in [1.165, 1.54) is 19.4 Å². The van der Waals surface area contributed by atoms with Gasteiger partial charge in [-0.3, -0.25) is 9.71 Å². The number of nitrogens with zero attached hydrogens (tertiary/aromatic N) is 3. The number of sulfonamides is 1. The first-order chi connectivity index (χ1) is 19.7. The number of hydrogen-bond acceptors (Lipinski definition) is 9. The second kappa shape index (κ2) is 11.5. The molecule has 0 amide bonds. The van der Waals surface area contributed by atoms with Crippen molar-refractivity contribution in [2.24, 2.45) is 0 Å². The Kier molecular flexibility index (Phi) is 7.81. The Bertz CT molecular complexity index is 1830. The SMILES string of the molecule is COc1cccc(CNc2cnc(S(=O)(=O)Nc3nc(-c4ccc(F)c(F)c4)c(-c4ccccn4)s3)c(C)c2)c1O. The Balaban J connectivity index is 1.41. The highest BCUT2D eigenvalue weighted by Gasteiger charge is 2.24. The Morgan fingerprint density at radius 1 is 1.02 bits per heavy atom. The zero-order chi connectivity index (χ0) is 29.1. The monoisotopic (exact) mass is 595 g/mol. The molecule has 0 saturated heterocycles. The molecule has 0 aliphatic rings. The van der Waals surface area contributed by atoms with Crippen LogP contribution in [0.15, 0.2) is 78.1 Å². The first-order valence-electron chi connectivity index (χ1n) is 12.1. The highest BCUT2D eigenvalue weighted by molar-refractivity contribution is 7.92. The summed E-state index contributed by atoms with van der Waals surface area (Å²) in [6.07, 6.45) is 2.93. The predicted molar refractivity (Wildman–Crippen MR) is 152 cm³/mol. The van der Waals surface area contributed by atoms with Crippen molar-refractivity contribution in [2.45, 2.75) is 18.5 Å². The predicted octanol–water partition coefficient (Wildman–Crippen LogP) is 5.98. The van der Waals surface area contributed by atoms with E-state index in [9.17, 15) is 22.3 Å². The molecule has 0 fully saturated rings. The van der Waals surface area contributed by atoms with Crippen LogP contribution in [0.25, 0.3) is 21.8 Å². The van der Waals surface area contributed by atoms with Crippen LogP contribution < -0.4 is 14.8 Å². The molecule has 3 heterocycles. The number of nitrogens with one attached hydrogen (secondary N) is 2. The molecule has 0 radical (unpaired) electrons. The second-order valence-electron chi connectivity index (χ2n) is 8.81. The maximum absolute atomic E-state index is 14.0. The number of anilines is 2. The average Bonchev–Trinajstić information content (AvgIpc) is 3.37. The first kappa shape index (κ1) is 27.9. The summed E-state index contributed by atoms with van der Waals surface area (Å²) in [4.78, 5) is 13.3. The molecule has 0 unspecified atom stereocenters. The van der Waals surface area contributed by atoms with Crippen LogP contribution in [0.5, 0.6) is 11.5 Å². The van der Waals surface area contributed by atoms with Crippen LogP contribution in [0.2, 0.25) is 0 Å². The minimum atomic E-state index is -4.18. The van der Waals surface area contributed by atoms with Crippen molar-refractivity contribution in [2.75, 3.05) is 17.1 Å². The highest BCUT2D eigenvalue weighted by Crippen LogP contribution is 2.39. The lowest BCUT2D eigenvalue weighted by atomic mass is 10.1. The maximum atomic E-state index is 14.0. The van der Waals surface area contributed by atoms with Gasteiger partial charge in [-0.25, -0.2) is 18.7 Å². The Labute approximate surface area is 238 Å². The number of rotatable bonds is 9. The molecule has 0 aliphatic heterocycles. The van der Waals surface area contributed by atoms with Crippen LogP contribution in [0.4, 0.5) is 19.6 Å².